The summed E-state index contributed by atoms with van der Waals surface area (Å²) >= 11 is 0. The normalized spacial score (nSPS) is 10.9. The molecule has 0 atom stereocenters. The second-order valence-electron chi connectivity index (χ2n) is 4.44. The van der Waals surface area contributed by atoms with Crippen molar-refractivity contribution < 1.29 is 9.32 Å². The van der Waals surface area contributed by atoms with Crippen molar-refractivity contribution in [3.05, 3.63) is 23.4 Å². The monoisotopic (exact) mass is 264 g/mol. The third kappa shape index (κ3) is 3.36. The molecular formula is C11H16N6O2. The van der Waals surface area contributed by atoms with Crippen molar-refractivity contribution in [1.29, 1.82) is 0 Å². The third-order valence-electron chi connectivity index (χ3n) is 2.45. The largest absolute Gasteiger partial charge is 0.349 e. The molecule has 0 fully saturated rings. The van der Waals surface area contributed by atoms with Gasteiger partial charge in [0.15, 0.2) is 5.82 Å². The van der Waals surface area contributed by atoms with E-state index in [1.165, 1.54) is 0 Å². The van der Waals surface area contributed by atoms with Crippen molar-refractivity contribution in [3.8, 4) is 0 Å². The van der Waals surface area contributed by atoms with Crippen LogP contribution in [0.1, 0.15) is 47.9 Å². The molecule has 0 saturated heterocycles. The maximum absolute atomic E-state index is 11.8. The van der Waals surface area contributed by atoms with Crippen LogP contribution in [-0.2, 0) is 6.42 Å². The highest BCUT2D eigenvalue weighted by Crippen LogP contribution is 2.07. The molecule has 8 nitrogen and oxygen atoms in total. The molecule has 0 bridgehead atoms. The number of nitrogens with one attached hydrogen (secondary N) is 2. The summed E-state index contributed by atoms with van der Waals surface area (Å²) in [6.07, 6.45) is 0.480. The van der Waals surface area contributed by atoms with Crippen molar-refractivity contribution in [2.24, 2.45) is 0 Å². The maximum atomic E-state index is 11.8. The van der Waals surface area contributed by atoms with E-state index in [4.69, 9.17) is 4.52 Å². The number of carbonyl (C=O) groups excluding carboxylic acids is 1. The molecule has 2 aromatic rings. The van der Waals surface area contributed by atoms with Gasteiger partial charge < -0.3 is 9.84 Å². The Balaban J connectivity index is 1.83. The fourth-order valence-corrected chi connectivity index (χ4v) is 1.44. The van der Waals surface area contributed by atoms with Crippen LogP contribution in [0.5, 0.6) is 0 Å². The first kappa shape index (κ1) is 13.2. The van der Waals surface area contributed by atoms with Crippen molar-refractivity contribution in [3.63, 3.8) is 0 Å². The molecule has 1 amide bonds. The number of rotatable bonds is 5. The molecule has 0 unspecified atom stereocenters. The van der Waals surface area contributed by atoms with Crippen LogP contribution in [0.25, 0.3) is 0 Å². The Labute approximate surface area is 110 Å². The average molecular weight is 264 g/mol. The Morgan fingerprint density at radius 2 is 2.21 bits per heavy atom. The summed E-state index contributed by atoms with van der Waals surface area (Å²) < 4.78 is 4.94. The first-order chi connectivity index (χ1) is 9.06. The lowest BCUT2D eigenvalue weighted by Crippen LogP contribution is -2.26. The Hall–Kier alpha value is -2.25. The smallest absolute Gasteiger partial charge is 0.290 e. The molecule has 0 saturated carbocycles. The van der Waals surface area contributed by atoms with E-state index in [0.29, 0.717) is 30.5 Å². The Morgan fingerprint density at radius 3 is 2.79 bits per heavy atom. The lowest BCUT2D eigenvalue weighted by molar-refractivity contribution is 0.0943. The van der Waals surface area contributed by atoms with E-state index in [0.717, 1.165) is 0 Å². The Morgan fingerprint density at radius 1 is 1.42 bits per heavy atom. The summed E-state index contributed by atoms with van der Waals surface area (Å²) in [5, 5.41) is 13.0. The van der Waals surface area contributed by atoms with Crippen molar-refractivity contribution in [2.75, 3.05) is 6.54 Å². The summed E-state index contributed by atoms with van der Waals surface area (Å²) in [5.74, 6) is 1.80. The van der Waals surface area contributed by atoms with Crippen LogP contribution in [0.4, 0.5) is 0 Å². The molecule has 0 spiro atoms. The minimum Gasteiger partial charge on any atom is -0.349 e. The highest BCUT2D eigenvalue weighted by molar-refractivity contribution is 5.90. The zero-order valence-corrected chi connectivity index (χ0v) is 11.1. The van der Waals surface area contributed by atoms with Crippen molar-refractivity contribution in [2.45, 2.75) is 33.1 Å². The van der Waals surface area contributed by atoms with E-state index in [2.05, 4.69) is 30.6 Å². The highest BCUT2D eigenvalue weighted by Gasteiger charge is 2.13. The standard InChI is InChI=1S/C11H16N6O2/c1-6(2)9-14-10(16-15-9)11(18)12-5-4-8-13-7(3)17-19-8/h6H,4-5H2,1-3H3,(H,12,18)(H,14,15,16). The molecule has 2 aromatic heterocycles. The van der Waals surface area contributed by atoms with Crippen LogP contribution in [0.3, 0.4) is 0 Å². The fourth-order valence-electron chi connectivity index (χ4n) is 1.44. The summed E-state index contributed by atoms with van der Waals surface area (Å²) in [6.45, 7) is 6.08. The van der Waals surface area contributed by atoms with E-state index in [9.17, 15) is 4.79 Å². The number of carbonyl (C=O) groups is 1. The van der Waals surface area contributed by atoms with Gasteiger partial charge in [-0.05, 0) is 6.92 Å². The van der Waals surface area contributed by atoms with Crippen LogP contribution < -0.4 is 5.32 Å². The van der Waals surface area contributed by atoms with Gasteiger partial charge >= 0.3 is 0 Å². The second-order valence-corrected chi connectivity index (χ2v) is 4.44. The maximum Gasteiger partial charge on any atom is 0.290 e. The Bertz CT molecular complexity index is 559. The average Bonchev–Trinajstić information content (AvgIpc) is 2.98. The molecule has 0 aliphatic carbocycles. The number of hydrogen-bond donors (Lipinski definition) is 2. The number of H-pyrrole nitrogens is 1. The van der Waals surface area contributed by atoms with E-state index in [1.54, 1.807) is 6.92 Å². The van der Waals surface area contributed by atoms with Gasteiger partial charge in [0.2, 0.25) is 11.7 Å². The quantitative estimate of drug-likeness (QED) is 0.818. The van der Waals surface area contributed by atoms with Crippen LogP contribution in [0, 0.1) is 6.92 Å². The first-order valence-corrected chi connectivity index (χ1v) is 6.06. The zero-order valence-electron chi connectivity index (χ0n) is 11.1. The molecular weight excluding hydrogens is 248 g/mol. The molecule has 0 radical (unpaired) electrons. The molecule has 2 rings (SSSR count). The van der Waals surface area contributed by atoms with Crippen molar-refractivity contribution >= 4 is 5.91 Å². The number of aryl methyl sites for hydroxylation is 1. The number of aromatic amines is 1. The summed E-state index contributed by atoms with van der Waals surface area (Å²) in [6, 6.07) is 0. The third-order valence-corrected chi connectivity index (χ3v) is 2.45. The van der Waals surface area contributed by atoms with E-state index < -0.39 is 0 Å². The summed E-state index contributed by atoms with van der Waals surface area (Å²) in [7, 11) is 0. The molecule has 0 aromatic carbocycles. The fraction of sp³-hybridized carbons (Fsp3) is 0.545. The predicted molar refractivity (Wildman–Crippen MR) is 65.5 cm³/mol. The predicted octanol–water partition coefficient (Wildman–Crippen LogP) is 0.592. The molecule has 0 aliphatic rings. The molecule has 102 valence electrons. The lowest BCUT2D eigenvalue weighted by Gasteiger charge is -1.99. The molecule has 19 heavy (non-hydrogen) atoms. The number of hydrogen-bond acceptors (Lipinski definition) is 6. The van der Waals surface area contributed by atoms with E-state index in [1.807, 2.05) is 13.8 Å². The van der Waals surface area contributed by atoms with Crippen LogP contribution in [0.15, 0.2) is 4.52 Å². The minimum atomic E-state index is -0.320. The van der Waals surface area contributed by atoms with Gasteiger partial charge in [-0.2, -0.15) is 4.98 Å². The number of aromatic nitrogens is 5. The van der Waals surface area contributed by atoms with E-state index in [-0.39, 0.29) is 17.6 Å². The molecule has 8 heteroatoms. The summed E-state index contributed by atoms with van der Waals surface area (Å²) in [5.41, 5.74) is 0. The van der Waals surface area contributed by atoms with Gasteiger partial charge in [-0.3, -0.25) is 9.89 Å². The number of nitrogens with zero attached hydrogens (tertiary/aromatic N) is 4. The lowest BCUT2D eigenvalue weighted by atomic mass is 10.2. The topological polar surface area (TPSA) is 110 Å². The van der Waals surface area contributed by atoms with Gasteiger partial charge in [0.25, 0.3) is 5.91 Å². The molecule has 2 N–H and O–H groups in total. The van der Waals surface area contributed by atoms with Crippen molar-refractivity contribution in [1.82, 2.24) is 30.6 Å². The highest BCUT2D eigenvalue weighted by atomic mass is 16.5. The van der Waals surface area contributed by atoms with Gasteiger partial charge in [-0.15, -0.1) is 5.10 Å². The zero-order chi connectivity index (χ0) is 13.8. The van der Waals surface area contributed by atoms with Crippen LogP contribution in [-0.4, -0.2) is 37.8 Å². The Kier molecular flexibility index (Phi) is 3.88. The van der Waals surface area contributed by atoms with Crippen LogP contribution >= 0.6 is 0 Å². The van der Waals surface area contributed by atoms with Gasteiger partial charge in [-0.25, -0.2) is 4.98 Å². The first-order valence-electron chi connectivity index (χ1n) is 6.06. The van der Waals surface area contributed by atoms with Crippen LogP contribution in [0.2, 0.25) is 0 Å². The SMILES string of the molecule is Cc1noc(CCNC(=O)c2n[nH]c(C(C)C)n2)n1. The van der Waals surface area contributed by atoms with Gasteiger partial charge in [-0.1, -0.05) is 19.0 Å². The molecule has 2 heterocycles. The molecule has 0 aliphatic heterocycles. The number of amides is 1. The second kappa shape index (κ2) is 5.59. The van der Waals surface area contributed by atoms with E-state index >= 15 is 0 Å². The van der Waals surface area contributed by atoms with Gasteiger partial charge in [0, 0.05) is 18.9 Å². The minimum absolute atomic E-state index is 0.144. The van der Waals surface area contributed by atoms with Gasteiger partial charge in [0.05, 0.1) is 0 Å². The summed E-state index contributed by atoms with van der Waals surface area (Å²) in [4.78, 5) is 19.9. The van der Waals surface area contributed by atoms with Gasteiger partial charge in [0.1, 0.15) is 5.82 Å².